The lowest BCUT2D eigenvalue weighted by Crippen LogP contribution is -2.34. The summed E-state index contributed by atoms with van der Waals surface area (Å²) in [6, 6.07) is 3.55. The second-order valence-corrected chi connectivity index (χ2v) is 5.01. The number of hydrogen-bond donors (Lipinski definition) is 1. The average Bonchev–Trinajstić information content (AvgIpc) is 2.54. The van der Waals surface area contributed by atoms with Gasteiger partial charge in [-0.05, 0) is 45.1 Å². The minimum atomic E-state index is 0.0640. The average molecular weight is 292 g/mol. The Labute approximate surface area is 128 Å². The standard InChI is InChI=1S/C16H28N4O/c1-4-19(5-2)10-7-11-20(6-3)16(21)14-8-9-18-15(12-14)13-17/h8-9,12H,4-7,10-11,13,17H2,1-3H3. The molecule has 0 aromatic carbocycles. The number of carbonyl (C=O) groups excluding carboxylic acids is 1. The molecule has 2 N–H and O–H groups in total. The lowest BCUT2D eigenvalue weighted by molar-refractivity contribution is 0.0757. The highest BCUT2D eigenvalue weighted by Crippen LogP contribution is 2.07. The quantitative estimate of drug-likeness (QED) is 0.753. The van der Waals surface area contributed by atoms with E-state index in [9.17, 15) is 4.79 Å². The van der Waals surface area contributed by atoms with Gasteiger partial charge >= 0.3 is 0 Å². The third-order valence-corrected chi connectivity index (χ3v) is 3.74. The minimum Gasteiger partial charge on any atom is -0.339 e. The molecule has 0 spiro atoms. The molecular weight excluding hydrogens is 264 g/mol. The maximum Gasteiger partial charge on any atom is 0.253 e. The number of amides is 1. The Morgan fingerprint density at radius 1 is 1.19 bits per heavy atom. The van der Waals surface area contributed by atoms with E-state index in [1.807, 2.05) is 11.8 Å². The number of rotatable bonds is 9. The number of nitrogens with two attached hydrogens (primary N) is 1. The largest absolute Gasteiger partial charge is 0.339 e. The lowest BCUT2D eigenvalue weighted by Gasteiger charge is -2.23. The molecule has 0 bridgehead atoms. The van der Waals surface area contributed by atoms with Crippen LogP contribution in [-0.2, 0) is 6.54 Å². The van der Waals surface area contributed by atoms with Crippen LogP contribution in [0.15, 0.2) is 18.3 Å². The summed E-state index contributed by atoms with van der Waals surface area (Å²) in [7, 11) is 0. The van der Waals surface area contributed by atoms with Crippen LogP contribution in [0.25, 0.3) is 0 Å². The van der Waals surface area contributed by atoms with Gasteiger partial charge in [0.25, 0.3) is 5.91 Å². The van der Waals surface area contributed by atoms with Crippen molar-refractivity contribution in [1.82, 2.24) is 14.8 Å². The molecule has 5 nitrogen and oxygen atoms in total. The molecule has 0 aliphatic heterocycles. The molecule has 118 valence electrons. The number of nitrogens with zero attached hydrogens (tertiary/aromatic N) is 3. The Morgan fingerprint density at radius 3 is 2.48 bits per heavy atom. The monoisotopic (exact) mass is 292 g/mol. The van der Waals surface area contributed by atoms with Crippen LogP contribution in [0.2, 0.25) is 0 Å². The van der Waals surface area contributed by atoms with E-state index in [2.05, 4.69) is 23.7 Å². The van der Waals surface area contributed by atoms with Crippen LogP contribution in [0.1, 0.15) is 43.2 Å². The van der Waals surface area contributed by atoms with Gasteiger partial charge in [-0.1, -0.05) is 13.8 Å². The van der Waals surface area contributed by atoms with Gasteiger partial charge in [0.15, 0.2) is 0 Å². The van der Waals surface area contributed by atoms with E-state index < -0.39 is 0 Å². The first-order valence-electron chi connectivity index (χ1n) is 7.82. The first-order chi connectivity index (χ1) is 10.2. The normalized spacial score (nSPS) is 10.9. The number of aromatic nitrogens is 1. The van der Waals surface area contributed by atoms with Crippen LogP contribution in [0.4, 0.5) is 0 Å². The van der Waals surface area contributed by atoms with E-state index in [-0.39, 0.29) is 5.91 Å². The lowest BCUT2D eigenvalue weighted by atomic mass is 10.2. The van der Waals surface area contributed by atoms with E-state index in [0.29, 0.717) is 12.1 Å². The van der Waals surface area contributed by atoms with E-state index in [1.54, 1.807) is 18.3 Å². The van der Waals surface area contributed by atoms with Gasteiger partial charge in [-0.15, -0.1) is 0 Å². The highest BCUT2D eigenvalue weighted by atomic mass is 16.2. The molecule has 1 aromatic heterocycles. The van der Waals surface area contributed by atoms with Crippen LogP contribution >= 0.6 is 0 Å². The summed E-state index contributed by atoms with van der Waals surface area (Å²) in [5.41, 5.74) is 7.00. The molecule has 0 radical (unpaired) electrons. The second kappa shape index (κ2) is 9.47. The molecule has 0 fully saturated rings. The fourth-order valence-corrected chi connectivity index (χ4v) is 2.33. The molecule has 1 rings (SSSR count). The van der Waals surface area contributed by atoms with Gasteiger partial charge in [-0.2, -0.15) is 0 Å². The maximum absolute atomic E-state index is 12.5. The third kappa shape index (κ3) is 5.44. The van der Waals surface area contributed by atoms with E-state index in [1.165, 1.54) is 0 Å². The Bertz CT molecular complexity index is 432. The maximum atomic E-state index is 12.5. The number of hydrogen-bond acceptors (Lipinski definition) is 4. The molecule has 1 heterocycles. The van der Waals surface area contributed by atoms with Crippen LogP contribution in [0, 0.1) is 0 Å². The van der Waals surface area contributed by atoms with Gasteiger partial charge in [0.2, 0.25) is 0 Å². The van der Waals surface area contributed by atoms with Gasteiger partial charge in [0.1, 0.15) is 0 Å². The zero-order chi connectivity index (χ0) is 15.7. The Morgan fingerprint density at radius 2 is 1.90 bits per heavy atom. The SMILES string of the molecule is CCN(CC)CCCN(CC)C(=O)c1ccnc(CN)c1. The van der Waals surface area contributed by atoms with Crippen molar-refractivity contribution in [2.24, 2.45) is 5.73 Å². The molecule has 0 aliphatic carbocycles. The predicted octanol–water partition coefficient (Wildman–Crippen LogP) is 1.73. The Kier molecular flexibility index (Phi) is 7.93. The Hall–Kier alpha value is -1.46. The van der Waals surface area contributed by atoms with Crippen LogP contribution in [-0.4, -0.2) is 53.4 Å². The number of pyridine rings is 1. The van der Waals surface area contributed by atoms with Gasteiger partial charge in [-0.3, -0.25) is 9.78 Å². The summed E-state index contributed by atoms with van der Waals surface area (Å²) in [4.78, 5) is 20.9. The van der Waals surface area contributed by atoms with E-state index in [0.717, 1.165) is 44.8 Å². The van der Waals surface area contributed by atoms with Crippen molar-refractivity contribution in [2.75, 3.05) is 32.7 Å². The molecular formula is C16H28N4O. The van der Waals surface area contributed by atoms with Gasteiger partial charge in [0, 0.05) is 31.4 Å². The van der Waals surface area contributed by atoms with E-state index in [4.69, 9.17) is 5.73 Å². The zero-order valence-electron chi connectivity index (χ0n) is 13.5. The first kappa shape index (κ1) is 17.6. The summed E-state index contributed by atoms with van der Waals surface area (Å²) in [6.07, 6.45) is 2.65. The molecule has 1 aromatic rings. The highest BCUT2D eigenvalue weighted by molar-refractivity contribution is 5.94. The van der Waals surface area contributed by atoms with E-state index >= 15 is 0 Å². The smallest absolute Gasteiger partial charge is 0.253 e. The molecule has 21 heavy (non-hydrogen) atoms. The molecule has 0 saturated heterocycles. The van der Waals surface area contributed by atoms with Crippen LogP contribution < -0.4 is 5.73 Å². The van der Waals surface area contributed by atoms with Crippen molar-refractivity contribution in [3.8, 4) is 0 Å². The topological polar surface area (TPSA) is 62.5 Å². The van der Waals surface area contributed by atoms with Crippen molar-refractivity contribution in [3.63, 3.8) is 0 Å². The molecule has 1 amide bonds. The first-order valence-corrected chi connectivity index (χ1v) is 7.82. The van der Waals surface area contributed by atoms with Gasteiger partial charge < -0.3 is 15.5 Å². The molecule has 0 aliphatic rings. The number of carbonyl (C=O) groups is 1. The van der Waals surface area contributed by atoms with Crippen LogP contribution in [0.3, 0.4) is 0 Å². The summed E-state index contributed by atoms with van der Waals surface area (Å²) in [6.45, 7) is 11.3. The van der Waals surface area contributed by atoms with Gasteiger partial charge in [-0.25, -0.2) is 0 Å². The van der Waals surface area contributed by atoms with Gasteiger partial charge in [0.05, 0.1) is 5.69 Å². The third-order valence-electron chi connectivity index (χ3n) is 3.74. The highest BCUT2D eigenvalue weighted by Gasteiger charge is 2.14. The summed E-state index contributed by atoms with van der Waals surface area (Å²) < 4.78 is 0. The van der Waals surface area contributed by atoms with Crippen molar-refractivity contribution in [2.45, 2.75) is 33.7 Å². The van der Waals surface area contributed by atoms with Crippen molar-refractivity contribution in [3.05, 3.63) is 29.6 Å². The predicted molar refractivity (Wildman–Crippen MR) is 86.1 cm³/mol. The van der Waals surface area contributed by atoms with Crippen molar-refractivity contribution >= 4 is 5.91 Å². The van der Waals surface area contributed by atoms with Crippen LogP contribution in [0.5, 0.6) is 0 Å². The molecule has 0 saturated carbocycles. The fourth-order valence-electron chi connectivity index (χ4n) is 2.33. The van der Waals surface area contributed by atoms with Crippen molar-refractivity contribution in [1.29, 1.82) is 0 Å². The second-order valence-electron chi connectivity index (χ2n) is 5.01. The molecule has 0 unspecified atom stereocenters. The summed E-state index contributed by atoms with van der Waals surface area (Å²) >= 11 is 0. The fraction of sp³-hybridized carbons (Fsp3) is 0.625. The Balaban J connectivity index is 2.60. The molecule has 5 heteroatoms. The van der Waals surface area contributed by atoms with Crippen molar-refractivity contribution < 1.29 is 4.79 Å². The summed E-state index contributed by atoms with van der Waals surface area (Å²) in [5, 5.41) is 0. The minimum absolute atomic E-state index is 0.0640. The summed E-state index contributed by atoms with van der Waals surface area (Å²) in [5.74, 6) is 0.0640. The zero-order valence-corrected chi connectivity index (χ0v) is 13.5. The molecule has 0 atom stereocenters.